The molecule has 0 bridgehead atoms. The fourth-order valence-electron chi connectivity index (χ4n) is 1.14. The van der Waals surface area contributed by atoms with Crippen molar-refractivity contribution in [2.24, 2.45) is 5.73 Å². The summed E-state index contributed by atoms with van der Waals surface area (Å²) in [4.78, 5) is 30.8. The number of rotatable bonds is 11. The number of aliphatic hydroxyl groups excluding tert-OH is 1. The summed E-state index contributed by atoms with van der Waals surface area (Å²) >= 11 is 0. The summed E-state index contributed by atoms with van der Waals surface area (Å²) < 4.78 is 13.9. The van der Waals surface area contributed by atoms with Gasteiger partial charge in [-0.2, -0.15) is 0 Å². The van der Waals surface area contributed by atoms with Crippen LogP contribution in [0.15, 0.2) is 0 Å². The maximum Gasteiger partial charge on any atom is 0.404 e. The number of carboxylic acid groups (broad SMARTS) is 1. The van der Waals surface area contributed by atoms with Gasteiger partial charge in [0.15, 0.2) is 0 Å². The van der Waals surface area contributed by atoms with Crippen LogP contribution in [-0.4, -0.2) is 61.3 Å². The molecule has 0 saturated heterocycles. The van der Waals surface area contributed by atoms with Gasteiger partial charge >= 0.3 is 18.0 Å². The Morgan fingerprint density at radius 2 is 1.64 bits per heavy atom. The molecular formula is C13H25NO8. The number of aliphatic carboxylic acids is 1. The van der Waals surface area contributed by atoms with Gasteiger partial charge < -0.3 is 30.2 Å². The fourth-order valence-corrected chi connectivity index (χ4v) is 1.14. The first-order valence-corrected chi connectivity index (χ1v) is 6.92. The molecule has 130 valence electrons. The SMILES string of the molecule is CCOC(N)=O.O=C(O)CCCCC(=O)OCCOCCO. The molecule has 0 spiro atoms. The van der Waals surface area contributed by atoms with Crippen LogP contribution in [0, 0.1) is 0 Å². The maximum atomic E-state index is 11.0. The number of primary amides is 1. The summed E-state index contributed by atoms with van der Waals surface area (Å²) in [6, 6.07) is 0. The van der Waals surface area contributed by atoms with Crippen molar-refractivity contribution in [3.8, 4) is 0 Å². The van der Waals surface area contributed by atoms with Crippen molar-refractivity contribution in [2.45, 2.75) is 32.6 Å². The van der Waals surface area contributed by atoms with E-state index < -0.39 is 12.1 Å². The number of esters is 1. The van der Waals surface area contributed by atoms with Gasteiger partial charge in [0.25, 0.3) is 0 Å². The first-order chi connectivity index (χ1) is 10.4. The Bertz CT molecular complexity index is 308. The average Bonchev–Trinajstić information content (AvgIpc) is 2.44. The van der Waals surface area contributed by atoms with Crippen molar-refractivity contribution in [1.82, 2.24) is 0 Å². The lowest BCUT2D eigenvalue weighted by Crippen LogP contribution is -2.11. The monoisotopic (exact) mass is 323 g/mol. The second kappa shape index (κ2) is 17.2. The van der Waals surface area contributed by atoms with Crippen LogP contribution >= 0.6 is 0 Å². The van der Waals surface area contributed by atoms with Crippen molar-refractivity contribution in [3.63, 3.8) is 0 Å². The molecular weight excluding hydrogens is 298 g/mol. The first kappa shape index (κ1) is 22.4. The predicted molar refractivity (Wildman–Crippen MR) is 76.2 cm³/mol. The molecule has 0 aliphatic carbocycles. The fraction of sp³-hybridized carbons (Fsp3) is 0.769. The third-order valence-corrected chi connectivity index (χ3v) is 2.03. The van der Waals surface area contributed by atoms with E-state index in [-0.39, 0.29) is 45.2 Å². The molecule has 0 aromatic rings. The number of carbonyl (C=O) groups is 3. The quantitative estimate of drug-likeness (QED) is 0.363. The first-order valence-electron chi connectivity index (χ1n) is 6.92. The minimum atomic E-state index is -0.856. The molecule has 9 heteroatoms. The second-order valence-electron chi connectivity index (χ2n) is 3.91. The molecule has 0 aromatic heterocycles. The molecule has 4 N–H and O–H groups in total. The average molecular weight is 323 g/mol. The number of nitrogens with two attached hydrogens (primary N) is 1. The van der Waals surface area contributed by atoms with E-state index in [4.69, 9.17) is 19.7 Å². The molecule has 9 nitrogen and oxygen atoms in total. The molecule has 0 rings (SSSR count). The lowest BCUT2D eigenvalue weighted by atomic mass is 10.2. The molecule has 0 radical (unpaired) electrons. The van der Waals surface area contributed by atoms with Crippen molar-refractivity contribution >= 4 is 18.0 Å². The van der Waals surface area contributed by atoms with Crippen molar-refractivity contribution < 1.29 is 38.8 Å². The van der Waals surface area contributed by atoms with Crippen LogP contribution in [0.25, 0.3) is 0 Å². The molecule has 0 atom stereocenters. The van der Waals surface area contributed by atoms with E-state index in [0.717, 1.165) is 0 Å². The van der Waals surface area contributed by atoms with Crippen LogP contribution in [0.5, 0.6) is 0 Å². The minimum absolute atomic E-state index is 0.0524. The maximum absolute atomic E-state index is 11.0. The van der Waals surface area contributed by atoms with E-state index in [0.29, 0.717) is 19.4 Å². The van der Waals surface area contributed by atoms with Crippen molar-refractivity contribution in [1.29, 1.82) is 0 Å². The molecule has 0 aliphatic rings. The Hall–Kier alpha value is -1.87. The number of hydrogen-bond donors (Lipinski definition) is 3. The Morgan fingerprint density at radius 3 is 2.09 bits per heavy atom. The molecule has 0 saturated carbocycles. The van der Waals surface area contributed by atoms with Gasteiger partial charge in [0.05, 0.1) is 26.4 Å². The van der Waals surface area contributed by atoms with Crippen LogP contribution < -0.4 is 5.73 Å². The van der Waals surface area contributed by atoms with E-state index >= 15 is 0 Å². The van der Waals surface area contributed by atoms with E-state index in [9.17, 15) is 14.4 Å². The summed E-state index contributed by atoms with van der Waals surface area (Å²) in [5, 5.41) is 16.7. The van der Waals surface area contributed by atoms with E-state index in [1.54, 1.807) is 6.92 Å². The van der Waals surface area contributed by atoms with E-state index in [1.165, 1.54) is 0 Å². The number of ether oxygens (including phenoxy) is 3. The summed E-state index contributed by atoms with van der Waals surface area (Å²) in [6.45, 7) is 2.67. The van der Waals surface area contributed by atoms with Crippen LogP contribution in [-0.2, 0) is 23.8 Å². The van der Waals surface area contributed by atoms with Crippen LogP contribution in [0.1, 0.15) is 32.6 Å². The third-order valence-electron chi connectivity index (χ3n) is 2.03. The Kier molecular flexibility index (Phi) is 17.5. The second-order valence-corrected chi connectivity index (χ2v) is 3.91. The van der Waals surface area contributed by atoms with Gasteiger partial charge in [0.1, 0.15) is 6.61 Å². The van der Waals surface area contributed by atoms with Gasteiger partial charge in [-0.15, -0.1) is 0 Å². The molecule has 0 aromatic carbocycles. The number of amides is 1. The summed E-state index contributed by atoms with van der Waals surface area (Å²) in [7, 11) is 0. The number of hydrogen-bond acceptors (Lipinski definition) is 7. The predicted octanol–water partition coefficient (Wildman–Crippen LogP) is 0.285. The molecule has 0 fully saturated rings. The van der Waals surface area contributed by atoms with Crippen LogP contribution in [0.3, 0.4) is 0 Å². The van der Waals surface area contributed by atoms with Gasteiger partial charge in [0.2, 0.25) is 0 Å². The highest BCUT2D eigenvalue weighted by atomic mass is 16.6. The molecule has 1 amide bonds. The minimum Gasteiger partial charge on any atom is -0.481 e. The van der Waals surface area contributed by atoms with Gasteiger partial charge in [-0.05, 0) is 19.8 Å². The van der Waals surface area contributed by atoms with Gasteiger partial charge in [-0.25, -0.2) is 4.79 Å². The van der Waals surface area contributed by atoms with Gasteiger partial charge in [-0.1, -0.05) is 0 Å². The van der Waals surface area contributed by atoms with Crippen molar-refractivity contribution in [3.05, 3.63) is 0 Å². The summed E-state index contributed by atoms with van der Waals surface area (Å²) in [6.07, 6.45) is 0.589. The Morgan fingerprint density at radius 1 is 1.00 bits per heavy atom. The summed E-state index contributed by atoms with van der Waals surface area (Å²) in [5.74, 6) is -1.20. The zero-order chi connectivity index (χ0) is 17.2. The largest absolute Gasteiger partial charge is 0.481 e. The van der Waals surface area contributed by atoms with Crippen LogP contribution in [0.2, 0.25) is 0 Å². The zero-order valence-corrected chi connectivity index (χ0v) is 12.8. The Labute approximate surface area is 129 Å². The Balaban J connectivity index is 0. The highest BCUT2D eigenvalue weighted by Gasteiger charge is 2.03. The van der Waals surface area contributed by atoms with Gasteiger partial charge in [-0.3, -0.25) is 9.59 Å². The van der Waals surface area contributed by atoms with Crippen LogP contribution in [0.4, 0.5) is 4.79 Å². The van der Waals surface area contributed by atoms with Crippen molar-refractivity contribution in [2.75, 3.05) is 33.0 Å². The molecule has 0 heterocycles. The third kappa shape index (κ3) is 23.2. The normalized spacial score (nSPS) is 9.36. The lowest BCUT2D eigenvalue weighted by molar-refractivity contribution is -0.145. The topological polar surface area (TPSA) is 145 Å². The highest BCUT2D eigenvalue weighted by molar-refractivity contribution is 5.69. The van der Waals surface area contributed by atoms with E-state index in [2.05, 4.69) is 10.5 Å². The van der Waals surface area contributed by atoms with Gasteiger partial charge in [0, 0.05) is 12.8 Å². The van der Waals surface area contributed by atoms with E-state index in [1.807, 2.05) is 0 Å². The number of aliphatic hydroxyl groups is 1. The molecule has 22 heavy (non-hydrogen) atoms. The number of carboxylic acids is 1. The number of carbonyl (C=O) groups excluding carboxylic acids is 2. The zero-order valence-electron chi connectivity index (χ0n) is 12.8. The standard InChI is InChI=1S/C10H18O6.C3H7NO2/c11-5-6-15-7-8-16-10(14)4-2-1-3-9(12)13;1-2-6-3(4)5/h11H,1-8H2,(H,12,13);2H2,1H3,(H2,4,5). The molecule has 0 unspecified atom stereocenters. The number of unbranched alkanes of at least 4 members (excludes halogenated alkanes) is 1. The highest BCUT2D eigenvalue weighted by Crippen LogP contribution is 2.01. The smallest absolute Gasteiger partial charge is 0.404 e. The summed E-state index contributed by atoms with van der Waals surface area (Å²) in [5.41, 5.74) is 4.54. The molecule has 0 aliphatic heterocycles. The lowest BCUT2D eigenvalue weighted by Gasteiger charge is -2.04.